The van der Waals surface area contributed by atoms with Gasteiger partial charge < -0.3 is 15.8 Å². The molecular formula is C14H19ClN2O2. The SMILES string of the molecule is NC(=O)c1ccc(COCC2CCNCC2)c(Cl)c1. The Kier molecular flexibility index (Phi) is 5.19. The maximum absolute atomic E-state index is 11.0. The molecule has 1 saturated heterocycles. The van der Waals surface area contributed by atoms with Gasteiger partial charge in [0.15, 0.2) is 0 Å². The molecule has 1 fully saturated rings. The van der Waals surface area contributed by atoms with Gasteiger partial charge in [-0.1, -0.05) is 17.7 Å². The summed E-state index contributed by atoms with van der Waals surface area (Å²) in [6.07, 6.45) is 2.32. The number of carbonyl (C=O) groups excluding carboxylic acids is 1. The lowest BCUT2D eigenvalue weighted by molar-refractivity contribution is 0.0763. The summed E-state index contributed by atoms with van der Waals surface area (Å²) in [5.41, 5.74) is 6.51. The fraction of sp³-hybridized carbons (Fsp3) is 0.500. The molecule has 3 N–H and O–H groups in total. The number of nitrogens with two attached hydrogens (primary N) is 1. The molecule has 0 aromatic heterocycles. The van der Waals surface area contributed by atoms with Gasteiger partial charge in [-0.2, -0.15) is 0 Å². The van der Waals surface area contributed by atoms with E-state index >= 15 is 0 Å². The normalized spacial score (nSPS) is 16.5. The molecule has 0 aliphatic carbocycles. The number of amides is 1. The van der Waals surface area contributed by atoms with Crippen molar-refractivity contribution >= 4 is 17.5 Å². The zero-order valence-electron chi connectivity index (χ0n) is 10.8. The van der Waals surface area contributed by atoms with E-state index in [-0.39, 0.29) is 0 Å². The molecule has 0 atom stereocenters. The first-order valence-corrected chi connectivity index (χ1v) is 6.91. The van der Waals surface area contributed by atoms with Crippen molar-refractivity contribution < 1.29 is 9.53 Å². The second-order valence-electron chi connectivity index (χ2n) is 4.88. The third-order valence-electron chi connectivity index (χ3n) is 3.41. The maximum Gasteiger partial charge on any atom is 0.248 e. The minimum Gasteiger partial charge on any atom is -0.376 e. The fourth-order valence-electron chi connectivity index (χ4n) is 2.20. The van der Waals surface area contributed by atoms with Crippen molar-refractivity contribution in [2.75, 3.05) is 19.7 Å². The molecule has 0 spiro atoms. The highest BCUT2D eigenvalue weighted by molar-refractivity contribution is 6.31. The summed E-state index contributed by atoms with van der Waals surface area (Å²) >= 11 is 6.10. The van der Waals surface area contributed by atoms with Crippen molar-refractivity contribution in [3.63, 3.8) is 0 Å². The summed E-state index contributed by atoms with van der Waals surface area (Å²) in [5, 5.41) is 3.86. The molecule has 0 bridgehead atoms. The molecule has 1 amide bonds. The summed E-state index contributed by atoms with van der Waals surface area (Å²) in [7, 11) is 0. The molecule has 1 heterocycles. The molecule has 0 unspecified atom stereocenters. The third-order valence-corrected chi connectivity index (χ3v) is 3.76. The second-order valence-corrected chi connectivity index (χ2v) is 5.29. The fourth-order valence-corrected chi connectivity index (χ4v) is 2.44. The summed E-state index contributed by atoms with van der Waals surface area (Å²) in [4.78, 5) is 11.0. The zero-order chi connectivity index (χ0) is 13.7. The minimum atomic E-state index is -0.468. The number of nitrogens with one attached hydrogen (secondary N) is 1. The Bertz CT molecular complexity index is 445. The Morgan fingerprint density at radius 3 is 2.79 bits per heavy atom. The molecule has 1 aromatic carbocycles. The van der Waals surface area contributed by atoms with Crippen LogP contribution < -0.4 is 11.1 Å². The monoisotopic (exact) mass is 282 g/mol. The number of hydrogen-bond acceptors (Lipinski definition) is 3. The van der Waals surface area contributed by atoms with Crippen LogP contribution >= 0.6 is 11.6 Å². The van der Waals surface area contributed by atoms with Crippen LogP contribution in [0.15, 0.2) is 18.2 Å². The van der Waals surface area contributed by atoms with E-state index in [1.165, 1.54) is 0 Å². The molecule has 0 saturated carbocycles. The lowest BCUT2D eigenvalue weighted by Crippen LogP contribution is -2.29. The molecule has 0 radical (unpaired) electrons. The van der Waals surface area contributed by atoms with Crippen LogP contribution in [0.25, 0.3) is 0 Å². The molecule has 1 aromatic rings. The number of hydrogen-bond donors (Lipinski definition) is 2. The van der Waals surface area contributed by atoms with Gasteiger partial charge >= 0.3 is 0 Å². The van der Waals surface area contributed by atoms with Gasteiger partial charge in [0.2, 0.25) is 5.91 Å². The summed E-state index contributed by atoms with van der Waals surface area (Å²) in [5.74, 6) is 0.161. The van der Waals surface area contributed by atoms with E-state index in [9.17, 15) is 4.79 Å². The Morgan fingerprint density at radius 1 is 1.42 bits per heavy atom. The van der Waals surface area contributed by atoms with Crippen molar-refractivity contribution in [2.45, 2.75) is 19.4 Å². The maximum atomic E-state index is 11.0. The number of piperidine rings is 1. The average Bonchev–Trinajstić information content (AvgIpc) is 2.41. The first-order valence-electron chi connectivity index (χ1n) is 6.53. The van der Waals surface area contributed by atoms with Crippen LogP contribution in [0.2, 0.25) is 5.02 Å². The van der Waals surface area contributed by atoms with E-state index in [0.29, 0.717) is 23.1 Å². The van der Waals surface area contributed by atoms with Gasteiger partial charge in [-0.15, -0.1) is 0 Å². The van der Waals surface area contributed by atoms with Gasteiger partial charge in [0.1, 0.15) is 0 Å². The van der Waals surface area contributed by atoms with Crippen LogP contribution in [-0.4, -0.2) is 25.6 Å². The van der Waals surface area contributed by atoms with Crippen molar-refractivity contribution in [3.8, 4) is 0 Å². The molecule has 1 aliphatic heterocycles. The number of benzene rings is 1. The summed E-state index contributed by atoms with van der Waals surface area (Å²) in [6, 6.07) is 5.06. The number of ether oxygens (including phenoxy) is 1. The van der Waals surface area contributed by atoms with Crippen LogP contribution in [0.5, 0.6) is 0 Å². The highest BCUT2D eigenvalue weighted by Gasteiger charge is 2.13. The van der Waals surface area contributed by atoms with Gasteiger partial charge in [0.05, 0.1) is 6.61 Å². The molecule has 19 heavy (non-hydrogen) atoms. The van der Waals surface area contributed by atoms with Gasteiger partial charge in [-0.25, -0.2) is 0 Å². The van der Waals surface area contributed by atoms with Crippen LogP contribution in [0, 0.1) is 5.92 Å². The number of halogens is 1. The first kappa shape index (κ1) is 14.3. The van der Waals surface area contributed by atoms with Gasteiger partial charge in [0.25, 0.3) is 0 Å². The Morgan fingerprint density at radius 2 is 2.16 bits per heavy atom. The molecule has 104 valence electrons. The number of carbonyl (C=O) groups is 1. The van der Waals surface area contributed by atoms with E-state index in [0.717, 1.165) is 38.1 Å². The highest BCUT2D eigenvalue weighted by Crippen LogP contribution is 2.20. The minimum absolute atomic E-state index is 0.423. The van der Waals surface area contributed by atoms with Crippen molar-refractivity contribution in [1.82, 2.24) is 5.32 Å². The van der Waals surface area contributed by atoms with Crippen LogP contribution in [0.1, 0.15) is 28.8 Å². The largest absolute Gasteiger partial charge is 0.376 e. The third kappa shape index (κ3) is 4.20. The predicted molar refractivity (Wildman–Crippen MR) is 75.2 cm³/mol. The predicted octanol–water partition coefficient (Wildman–Crippen LogP) is 1.96. The Balaban J connectivity index is 1.83. The van der Waals surface area contributed by atoms with Crippen molar-refractivity contribution in [1.29, 1.82) is 0 Å². The lowest BCUT2D eigenvalue weighted by Gasteiger charge is -2.22. The first-order chi connectivity index (χ1) is 9.16. The quantitative estimate of drug-likeness (QED) is 0.868. The van der Waals surface area contributed by atoms with E-state index in [4.69, 9.17) is 22.1 Å². The average molecular weight is 283 g/mol. The lowest BCUT2D eigenvalue weighted by atomic mass is 9.99. The zero-order valence-corrected chi connectivity index (χ0v) is 11.6. The summed E-state index contributed by atoms with van der Waals surface area (Å²) < 4.78 is 5.71. The topological polar surface area (TPSA) is 64.4 Å². The molecule has 2 rings (SSSR count). The second kappa shape index (κ2) is 6.89. The van der Waals surface area contributed by atoms with Gasteiger partial charge in [-0.3, -0.25) is 4.79 Å². The molecule has 1 aliphatic rings. The van der Waals surface area contributed by atoms with Crippen LogP contribution in [-0.2, 0) is 11.3 Å². The van der Waals surface area contributed by atoms with Crippen molar-refractivity contribution in [3.05, 3.63) is 34.3 Å². The molecule has 5 heteroatoms. The molecular weight excluding hydrogens is 264 g/mol. The van der Waals surface area contributed by atoms with Gasteiger partial charge in [0, 0.05) is 17.2 Å². The van der Waals surface area contributed by atoms with E-state index in [2.05, 4.69) is 5.32 Å². The van der Waals surface area contributed by atoms with E-state index < -0.39 is 5.91 Å². The number of rotatable bonds is 5. The smallest absolute Gasteiger partial charge is 0.248 e. The molecule has 4 nitrogen and oxygen atoms in total. The van der Waals surface area contributed by atoms with Crippen molar-refractivity contribution in [2.24, 2.45) is 11.7 Å². The summed E-state index contributed by atoms with van der Waals surface area (Å²) in [6.45, 7) is 3.38. The standard InChI is InChI=1S/C14H19ClN2O2/c15-13-7-11(14(16)18)1-2-12(13)9-19-8-10-3-5-17-6-4-10/h1-2,7,10,17H,3-6,8-9H2,(H2,16,18). The number of primary amides is 1. The van der Waals surface area contributed by atoms with E-state index in [1.54, 1.807) is 18.2 Å². The van der Waals surface area contributed by atoms with E-state index in [1.807, 2.05) is 0 Å². The Labute approximate surface area is 118 Å². The van der Waals surface area contributed by atoms with Crippen LogP contribution in [0.4, 0.5) is 0 Å². The Hall–Kier alpha value is -1.10. The highest BCUT2D eigenvalue weighted by atomic mass is 35.5. The van der Waals surface area contributed by atoms with Gasteiger partial charge in [-0.05, 0) is 49.5 Å². The van der Waals surface area contributed by atoms with Crippen LogP contribution in [0.3, 0.4) is 0 Å².